The second-order valence-corrected chi connectivity index (χ2v) is 6.13. The lowest BCUT2D eigenvalue weighted by atomic mass is 10.1. The van der Waals surface area contributed by atoms with Crippen molar-refractivity contribution in [2.45, 2.75) is 6.54 Å². The van der Waals surface area contributed by atoms with Crippen molar-refractivity contribution < 1.29 is 9.53 Å². The zero-order valence-electron chi connectivity index (χ0n) is 14.8. The predicted molar refractivity (Wildman–Crippen MR) is 99.8 cm³/mol. The molecule has 0 saturated carbocycles. The van der Waals surface area contributed by atoms with Crippen LogP contribution in [0.3, 0.4) is 0 Å². The minimum absolute atomic E-state index is 0.120. The van der Waals surface area contributed by atoms with Gasteiger partial charge >= 0.3 is 0 Å². The molecule has 27 heavy (non-hydrogen) atoms. The van der Waals surface area contributed by atoms with Crippen molar-refractivity contribution in [3.63, 3.8) is 0 Å². The topological polar surface area (TPSA) is 85.2 Å². The van der Waals surface area contributed by atoms with Gasteiger partial charge in [0.05, 0.1) is 18.8 Å². The normalized spacial score (nSPS) is 14.1. The first-order valence-corrected chi connectivity index (χ1v) is 8.82. The van der Waals surface area contributed by atoms with Crippen LogP contribution in [0, 0.1) is 0 Å². The number of aromatic nitrogens is 4. The molecule has 1 aliphatic heterocycles. The Morgan fingerprint density at radius 3 is 2.81 bits per heavy atom. The third-order valence-corrected chi connectivity index (χ3v) is 4.44. The van der Waals surface area contributed by atoms with Crippen molar-refractivity contribution in [3.05, 3.63) is 66.4 Å². The van der Waals surface area contributed by atoms with Gasteiger partial charge in [0.15, 0.2) is 5.82 Å². The molecule has 8 heteroatoms. The number of carbonyl (C=O) groups is 1. The van der Waals surface area contributed by atoms with E-state index in [0.29, 0.717) is 31.1 Å². The van der Waals surface area contributed by atoms with Crippen molar-refractivity contribution in [2.24, 2.45) is 0 Å². The molecule has 1 fully saturated rings. The van der Waals surface area contributed by atoms with Gasteiger partial charge in [-0.2, -0.15) is 5.10 Å². The quantitative estimate of drug-likeness (QED) is 0.737. The van der Waals surface area contributed by atoms with Crippen LogP contribution in [0.25, 0.3) is 5.82 Å². The molecule has 1 amide bonds. The number of benzene rings is 1. The number of pyridine rings is 1. The van der Waals surface area contributed by atoms with Gasteiger partial charge in [-0.15, -0.1) is 0 Å². The Bertz CT molecular complexity index is 906. The summed E-state index contributed by atoms with van der Waals surface area (Å²) in [6.45, 7) is 3.26. The molecule has 1 saturated heterocycles. The fourth-order valence-corrected chi connectivity index (χ4v) is 3.11. The number of anilines is 1. The molecule has 1 aliphatic rings. The van der Waals surface area contributed by atoms with E-state index in [9.17, 15) is 4.79 Å². The van der Waals surface area contributed by atoms with Gasteiger partial charge in [0, 0.05) is 37.1 Å². The van der Waals surface area contributed by atoms with E-state index in [2.05, 4.69) is 25.3 Å². The van der Waals surface area contributed by atoms with Crippen LogP contribution in [0.15, 0.2) is 55.2 Å². The molecule has 2 aromatic heterocycles. The summed E-state index contributed by atoms with van der Waals surface area (Å²) >= 11 is 0. The van der Waals surface area contributed by atoms with Crippen molar-refractivity contribution in [1.82, 2.24) is 25.1 Å². The first-order valence-electron chi connectivity index (χ1n) is 8.82. The van der Waals surface area contributed by atoms with E-state index in [4.69, 9.17) is 4.74 Å². The maximum absolute atomic E-state index is 12.9. The summed E-state index contributed by atoms with van der Waals surface area (Å²) in [6, 6.07) is 11.4. The van der Waals surface area contributed by atoms with Crippen LogP contribution >= 0.6 is 0 Å². The first-order chi connectivity index (χ1) is 13.3. The van der Waals surface area contributed by atoms with Crippen LogP contribution in [-0.4, -0.2) is 52.0 Å². The predicted octanol–water partition coefficient (Wildman–Crippen LogP) is 1.43. The van der Waals surface area contributed by atoms with E-state index >= 15 is 0 Å². The van der Waals surface area contributed by atoms with Gasteiger partial charge < -0.3 is 15.0 Å². The third-order valence-electron chi connectivity index (χ3n) is 4.44. The van der Waals surface area contributed by atoms with Crippen molar-refractivity contribution >= 4 is 11.6 Å². The molecule has 0 unspecified atom stereocenters. The number of nitrogens with zero attached hydrogens (tertiary/aromatic N) is 5. The Labute approximate surface area is 156 Å². The van der Waals surface area contributed by atoms with E-state index in [1.54, 1.807) is 17.2 Å². The van der Waals surface area contributed by atoms with Crippen molar-refractivity contribution in [3.8, 4) is 5.82 Å². The number of hydrogen-bond acceptors (Lipinski definition) is 6. The van der Waals surface area contributed by atoms with Crippen molar-refractivity contribution in [1.29, 1.82) is 0 Å². The number of carbonyl (C=O) groups excluding carboxylic acids is 1. The van der Waals surface area contributed by atoms with Crippen LogP contribution in [-0.2, 0) is 11.3 Å². The molecule has 0 spiro atoms. The van der Waals surface area contributed by atoms with Gasteiger partial charge in [0.25, 0.3) is 5.91 Å². The molecule has 3 aromatic rings. The highest BCUT2D eigenvalue weighted by Gasteiger charge is 2.18. The lowest BCUT2D eigenvalue weighted by molar-refractivity contribution is 0.0949. The third kappa shape index (κ3) is 3.80. The summed E-state index contributed by atoms with van der Waals surface area (Å²) in [5, 5.41) is 7.12. The fraction of sp³-hybridized carbons (Fsp3) is 0.263. The molecule has 0 atom stereocenters. The molecule has 4 rings (SSSR count). The van der Waals surface area contributed by atoms with Gasteiger partial charge in [-0.05, 0) is 18.2 Å². The molecule has 0 aliphatic carbocycles. The van der Waals surface area contributed by atoms with E-state index < -0.39 is 0 Å². The number of ether oxygens (including phenoxy) is 1. The van der Waals surface area contributed by atoms with E-state index in [0.717, 1.165) is 24.3 Å². The highest BCUT2D eigenvalue weighted by atomic mass is 16.5. The highest BCUT2D eigenvalue weighted by molar-refractivity contribution is 5.99. The standard InChI is InChI=1S/C19H20N6O2/c26-19(16-5-1-2-6-17(16)24-8-10-27-11-9-24)22-12-15-4-3-7-21-18(15)25-14-20-13-23-25/h1-7,13-14H,8-12H2,(H,22,26). The van der Waals surface area contributed by atoms with Gasteiger partial charge in [-0.3, -0.25) is 4.79 Å². The van der Waals surface area contributed by atoms with E-state index in [1.807, 2.05) is 36.4 Å². The van der Waals surface area contributed by atoms with Gasteiger partial charge in [0.2, 0.25) is 0 Å². The average molecular weight is 364 g/mol. The number of para-hydroxylation sites is 1. The zero-order valence-corrected chi connectivity index (χ0v) is 14.8. The Balaban J connectivity index is 1.51. The number of rotatable bonds is 5. The number of nitrogens with one attached hydrogen (secondary N) is 1. The Morgan fingerprint density at radius 2 is 2.00 bits per heavy atom. The summed E-state index contributed by atoms with van der Waals surface area (Å²) < 4.78 is 7.00. The molecular formula is C19H20N6O2. The van der Waals surface area contributed by atoms with Crippen LogP contribution in [0.4, 0.5) is 5.69 Å². The first kappa shape index (κ1) is 17.2. The van der Waals surface area contributed by atoms with Crippen LogP contribution in [0.5, 0.6) is 0 Å². The lowest BCUT2D eigenvalue weighted by Gasteiger charge is -2.30. The molecule has 0 bridgehead atoms. The van der Waals surface area contributed by atoms with Gasteiger partial charge in [-0.1, -0.05) is 18.2 Å². The SMILES string of the molecule is O=C(NCc1cccnc1-n1cncn1)c1ccccc1N1CCOCC1. The Kier molecular flexibility index (Phi) is 5.06. The molecule has 3 heterocycles. The summed E-state index contributed by atoms with van der Waals surface area (Å²) in [5.41, 5.74) is 2.45. The summed E-state index contributed by atoms with van der Waals surface area (Å²) in [7, 11) is 0. The minimum Gasteiger partial charge on any atom is -0.378 e. The fourth-order valence-electron chi connectivity index (χ4n) is 3.11. The second-order valence-electron chi connectivity index (χ2n) is 6.13. The number of amides is 1. The summed E-state index contributed by atoms with van der Waals surface area (Å²) in [4.78, 5) is 23.3. The summed E-state index contributed by atoms with van der Waals surface area (Å²) in [6.07, 6.45) is 4.73. The van der Waals surface area contributed by atoms with Crippen LogP contribution in [0.1, 0.15) is 15.9 Å². The molecular weight excluding hydrogens is 344 g/mol. The number of hydrogen-bond donors (Lipinski definition) is 1. The Morgan fingerprint density at radius 1 is 1.15 bits per heavy atom. The average Bonchev–Trinajstić information content (AvgIpc) is 3.27. The molecule has 1 N–H and O–H groups in total. The van der Waals surface area contributed by atoms with E-state index in [1.165, 1.54) is 6.33 Å². The second kappa shape index (κ2) is 7.96. The van der Waals surface area contributed by atoms with Gasteiger partial charge in [0.1, 0.15) is 12.7 Å². The largest absolute Gasteiger partial charge is 0.378 e. The Hall–Kier alpha value is -3.26. The van der Waals surface area contributed by atoms with Gasteiger partial charge in [-0.25, -0.2) is 14.6 Å². The molecule has 8 nitrogen and oxygen atoms in total. The zero-order chi connectivity index (χ0) is 18.5. The monoisotopic (exact) mass is 364 g/mol. The molecule has 138 valence electrons. The maximum atomic E-state index is 12.9. The summed E-state index contributed by atoms with van der Waals surface area (Å²) in [5.74, 6) is 0.530. The highest BCUT2D eigenvalue weighted by Crippen LogP contribution is 2.21. The molecule has 0 radical (unpaired) electrons. The van der Waals surface area contributed by atoms with Crippen LogP contribution in [0.2, 0.25) is 0 Å². The van der Waals surface area contributed by atoms with Crippen LogP contribution < -0.4 is 10.2 Å². The molecule has 1 aromatic carbocycles. The van der Waals surface area contributed by atoms with Crippen molar-refractivity contribution in [2.75, 3.05) is 31.2 Å². The smallest absolute Gasteiger partial charge is 0.253 e. The minimum atomic E-state index is -0.120. The lowest BCUT2D eigenvalue weighted by Crippen LogP contribution is -2.37. The maximum Gasteiger partial charge on any atom is 0.253 e. The number of morpholine rings is 1. The van der Waals surface area contributed by atoms with E-state index in [-0.39, 0.29) is 5.91 Å².